The zero-order chi connectivity index (χ0) is 25.5. The summed E-state index contributed by atoms with van der Waals surface area (Å²) in [5.74, 6) is -0.390. The number of sulfonamides is 1. The highest BCUT2D eigenvalue weighted by atomic mass is 35.5. The fourth-order valence-electron chi connectivity index (χ4n) is 3.92. The van der Waals surface area contributed by atoms with E-state index in [0.29, 0.717) is 12.1 Å². The maximum atomic E-state index is 13.3. The molecule has 0 saturated carbocycles. The van der Waals surface area contributed by atoms with E-state index in [2.05, 4.69) is 14.9 Å². The van der Waals surface area contributed by atoms with Crippen LogP contribution in [0.4, 0.5) is 10.1 Å². The topological polar surface area (TPSA) is 87.7 Å². The number of carbonyl (C=O) groups excluding carboxylic acids is 1. The van der Waals surface area contributed by atoms with Gasteiger partial charge in [0.15, 0.2) is 5.75 Å². The lowest BCUT2D eigenvalue weighted by molar-refractivity contribution is 0.0946. The molecule has 190 valence electrons. The van der Waals surface area contributed by atoms with Crippen LogP contribution in [0.3, 0.4) is 0 Å². The lowest BCUT2D eigenvalue weighted by Crippen LogP contribution is -2.37. The molecule has 1 heterocycles. The Morgan fingerprint density at radius 1 is 0.972 bits per heavy atom. The van der Waals surface area contributed by atoms with Crippen LogP contribution in [0.2, 0.25) is 5.02 Å². The molecule has 2 N–H and O–H groups in total. The first kappa shape index (κ1) is 25.9. The van der Waals surface area contributed by atoms with Crippen molar-refractivity contribution in [2.75, 3.05) is 30.9 Å². The van der Waals surface area contributed by atoms with Crippen LogP contribution in [0.1, 0.15) is 29.6 Å². The van der Waals surface area contributed by atoms with E-state index < -0.39 is 15.8 Å². The van der Waals surface area contributed by atoms with Crippen molar-refractivity contribution in [1.29, 1.82) is 0 Å². The number of para-hydroxylation sites is 2. The molecule has 10 heteroatoms. The van der Waals surface area contributed by atoms with Crippen LogP contribution in [-0.4, -0.2) is 45.4 Å². The zero-order valence-electron chi connectivity index (χ0n) is 19.5. The number of piperidine rings is 1. The van der Waals surface area contributed by atoms with Crippen molar-refractivity contribution in [3.05, 3.63) is 83.1 Å². The van der Waals surface area contributed by atoms with Crippen molar-refractivity contribution >= 4 is 33.2 Å². The van der Waals surface area contributed by atoms with Gasteiger partial charge in [0.1, 0.15) is 11.6 Å². The smallest absolute Gasteiger partial charge is 0.262 e. The number of carbonyl (C=O) groups is 1. The summed E-state index contributed by atoms with van der Waals surface area (Å²) in [7, 11) is -3.98. The first-order valence-corrected chi connectivity index (χ1v) is 13.5. The van der Waals surface area contributed by atoms with Gasteiger partial charge in [0.25, 0.3) is 15.9 Å². The van der Waals surface area contributed by atoms with E-state index >= 15 is 0 Å². The highest BCUT2D eigenvalue weighted by Crippen LogP contribution is 2.34. The molecule has 0 bridgehead atoms. The Morgan fingerprint density at radius 3 is 2.42 bits per heavy atom. The number of anilines is 1. The largest absolute Gasteiger partial charge is 0.454 e. The van der Waals surface area contributed by atoms with Gasteiger partial charge >= 0.3 is 0 Å². The van der Waals surface area contributed by atoms with E-state index in [1.165, 1.54) is 61.7 Å². The number of nitrogens with zero attached hydrogens (tertiary/aromatic N) is 1. The zero-order valence-corrected chi connectivity index (χ0v) is 21.1. The van der Waals surface area contributed by atoms with Crippen LogP contribution in [0.5, 0.6) is 11.5 Å². The van der Waals surface area contributed by atoms with Gasteiger partial charge in [-0.25, -0.2) is 12.8 Å². The van der Waals surface area contributed by atoms with Gasteiger partial charge in [0, 0.05) is 18.7 Å². The summed E-state index contributed by atoms with van der Waals surface area (Å²) < 4.78 is 47.6. The summed E-state index contributed by atoms with van der Waals surface area (Å²) in [5.41, 5.74) is 0.555. The Balaban J connectivity index is 1.40. The molecule has 3 aromatic carbocycles. The summed E-state index contributed by atoms with van der Waals surface area (Å²) in [4.78, 5) is 14.8. The molecule has 1 aliphatic heterocycles. The molecule has 1 amide bonds. The van der Waals surface area contributed by atoms with Gasteiger partial charge in [-0.2, -0.15) is 0 Å². The van der Waals surface area contributed by atoms with E-state index in [1.807, 2.05) is 0 Å². The fraction of sp³-hybridized carbons (Fsp3) is 0.269. The van der Waals surface area contributed by atoms with Gasteiger partial charge < -0.3 is 15.0 Å². The first-order valence-electron chi connectivity index (χ1n) is 11.7. The van der Waals surface area contributed by atoms with Gasteiger partial charge in [-0.05, 0) is 80.5 Å². The number of benzene rings is 3. The molecule has 0 unspecified atom stereocenters. The van der Waals surface area contributed by atoms with Gasteiger partial charge in [-0.15, -0.1) is 0 Å². The molecular formula is C26H27ClFN3O4S. The second-order valence-corrected chi connectivity index (χ2v) is 10.6. The number of hydrogen-bond donors (Lipinski definition) is 2. The summed E-state index contributed by atoms with van der Waals surface area (Å²) in [6.07, 6.45) is 3.64. The molecule has 3 aromatic rings. The summed E-state index contributed by atoms with van der Waals surface area (Å²) in [5, 5.41) is 2.94. The highest BCUT2D eigenvalue weighted by Gasteiger charge is 2.18. The SMILES string of the molecule is O=C(NCCN1CCCCC1)c1ccc(S(=O)(=O)Nc2ccccc2Oc2ccc(F)cc2Cl)cc1. The van der Waals surface area contributed by atoms with Gasteiger partial charge in [0.2, 0.25) is 0 Å². The standard InChI is InChI=1S/C26H27ClFN3O4S/c27-22-18-20(28)10-13-24(22)35-25-7-3-2-6-23(25)30-36(33,34)21-11-8-19(9-12-21)26(32)29-14-17-31-15-4-1-5-16-31/h2-3,6-13,18,30H,1,4-5,14-17H2,(H,29,32). The normalized spacial score (nSPS) is 14.3. The molecule has 7 nitrogen and oxygen atoms in total. The molecule has 0 aromatic heterocycles. The Morgan fingerprint density at radius 2 is 1.69 bits per heavy atom. The van der Waals surface area contributed by atoms with E-state index in [1.54, 1.807) is 18.2 Å². The highest BCUT2D eigenvalue weighted by molar-refractivity contribution is 7.92. The summed E-state index contributed by atoms with van der Waals surface area (Å²) >= 11 is 6.03. The third-order valence-electron chi connectivity index (χ3n) is 5.83. The number of nitrogens with one attached hydrogen (secondary N) is 2. The predicted octanol–water partition coefficient (Wildman–Crippen LogP) is 5.29. The Hall–Kier alpha value is -3.14. The molecule has 1 aliphatic rings. The van der Waals surface area contributed by atoms with Crippen LogP contribution in [0, 0.1) is 5.82 Å². The average Bonchev–Trinajstić information content (AvgIpc) is 2.87. The number of amides is 1. The molecule has 0 radical (unpaired) electrons. The maximum Gasteiger partial charge on any atom is 0.262 e. The van der Waals surface area contributed by atoms with Crippen LogP contribution in [0.15, 0.2) is 71.6 Å². The van der Waals surface area contributed by atoms with Crippen molar-refractivity contribution in [2.45, 2.75) is 24.2 Å². The number of halogens is 2. The molecule has 4 rings (SSSR count). The van der Waals surface area contributed by atoms with Crippen LogP contribution >= 0.6 is 11.6 Å². The third kappa shape index (κ3) is 6.75. The van der Waals surface area contributed by atoms with Crippen LogP contribution in [0.25, 0.3) is 0 Å². The van der Waals surface area contributed by atoms with Gasteiger partial charge in [-0.1, -0.05) is 30.2 Å². The molecule has 0 atom stereocenters. The summed E-state index contributed by atoms with van der Waals surface area (Å²) in [6.45, 7) is 3.45. The second-order valence-electron chi connectivity index (χ2n) is 8.46. The minimum Gasteiger partial charge on any atom is -0.454 e. The minimum absolute atomic E-state index is 0.0121. The number of hydrogen-bond acceptors (Lipinski definition) is 5. The van der Waals surface area contributed by atoms with Crippen molar-refractivity contribution in [1.82, 2.24) is 10.2 Å². The molecule has 0 aliphatic carbocycles. The van der Waals surface area contributed by atoms with Crippen molar-refractivity contribution in [3.8, 4) is 11.5 Å². The van der Waals surface area contributed by atoms with Gasteiger partial charge in [-0.3, -0.25) is 9.52 Å². The van der Waals surface area contributed by atoms with Crippen molar-refractivity contribution in [3.63, 3.8) is 0 Å². The molecule has 1 saturated heterocycles. The minimum atomic E-state index is -3.98. The van der Waals surface area contributed by atoms with Gasteiger partial charge in [0.05, 0.1) is 15.6 Å². The van der Waals surface area contributed by atoms with Crippen molar-refractivity contribution < 1.29 is 22.3 Å². The molecule has 36 heavy (non-hydrogen) atoms. The van der Waals surface area contributed by atoms with E-state index in [4.69, 9.17) is 16.3 Å². The third-order valence-corrected chi connectivity index (χ3v) is 7.51. The number of rotatable bonds is 9. The first-order chi connectivity index (χ1) is 17.3. The monoisotopic (exact) mass is 531 g/mol. The van der Waals surface area contributed by atoms with Crippen LogP contribution < -0.4 is 14.8 Å². The lowest BCUT2D eigenvalue weighted by Gasteiger charge is -2.26. The van der Waals surface area contributed by atoms with E-state index in [0.717, 1.165) is 25.7 Å². The molecule has 1 fully saturated rings. The second kappa shape index (κ2) is 11.7. The fourth-order valence-corrected chi connectivity index (χ4v) is 5.19. The number of likely N-dealkylation sites (tertiary alicyclic amines) is 1. The van der Waals surface area contributed by atoms with E-state index in [9.17, 15) is 17.6 Å². The number of ether oxygens (including phenoxy) is 1. The Bertz CT molecular complexity index is 1310. The van der Waals surface area contributed by atoms with Crippen LogP contribution in [-0.2, 0) is 10.0 Å². The predicted molar refractivity (Wildman–Crippen MR) is 138 cm³/mol. The lowest BCUT2D eigenvalue weighted by atomic mass is 10.1. The maximum absolute atomic E-state index is 13.3. The average molecular weight is 532 g/mol. The van der Waals surface area contributed by atoms with E-state index in [-0.39, 0.29) is 33.0 Å². The molecular weight excluding hydrogens is 505 g/mol. The van der Waals surface area contributed by atoms with Crippen molar-refractivity contribution in [2.24, 2.45) is 0 Å². The summed E-state index contributed by atoms with van der Waals surface area (Å²) in [6, 6.07) is 15.8. The molecule has 0 spiro atoms. The Kier molecular flexibility index (Phi) is 8.45. The quantitative estimate of drug-likeness (QED) is 0.392. The Labute approximate surface area is 215 Å².